The van der Waals surface area contributed by atoms with E-state index in [1.807, 2.05) is 18.2 Å². The topological polar surface area (TPSA) is 79.7 Å². The molecule has 1 aliphatic rings. The van der Waals surface area contributed by atoms with E-state index in [-0.39, 0.29) is 17.2 Å². The second-order valence-electron chi connectivity index (χ2n) is 6.39. The van der Waals surface area contributed by atoms with E-state index >= 15 is 0 Å². The number of phenolic OH excluding ortho intramolecular Hbond substituents is 1. The minimum atomic E-state index is -0.0399. The van der Waals surface area contributed by atoms with Gasteiger partial charge in [-0.05, 0) is 35.0 Å². The fraction of sp³-hybridized carbons (Fsp3) is 0.190. The lowest BCUT2D eigenvalue weighted by molar-refractivity contribution is 0.0302. The van der Waals surface area contributed by atoms with E-state index in [2.05, 4.69) is 4.98 Å². The lowest BCUT2D eigenvalue weighted by Gasteiger charge is -2.26. The highest BCUT2D eigenvalue weighted by Crippen LogP contribution is 2.29. The summed E-state index contributed by atoms with van der Waals surface area (Å²) in [6.45, 7) is 2.31. The van der Waals surface area contributed by atoms with Crippen LogP contribution in [-0.4, -0.2) is 53.5 Å². The van der Waals surface area contributed by atoms with Gasteiger partial charge in [-0.25, -0.2) is 0 Å². The van der Waals surface area contributed by atoms with Gasteiger partial charge in [0.25, 0.3) is 5.91 Å². The van der Waals surface area contributed by atoms with E-state index in [0.29, 0.717) is 43.5 Å². The van der Waals surface area contributed by atoms with Gasteiger partial charge in [0.1, 0.15) is 5.75 Å². The Hall–Kier alpha value is -3.25. The van der Waals surface area contributed by atoms with Gasteiger partial charge in [-0.1, -0.05) is 18.2 Å². The van der Waals surface area contributed by atoms with Gasteiger partial charge in [-0.3, -0.25) is 14.6 Å². The van der Waals surface area contributed by atoms with E-state index in [4.69, 9.17) is 4.74 Å². The molecule has 2 heterocycles. The molecule has 2 aromatic carbocycles. The number of ether oxygens (including phenoxy) is 1. The predicted octanol–water partition coefficient (Wildman–Crippen LogP) is 2.89. The maximum Gasteiger partial charge on any atom is 0.255 e. The predicted molar refractivity (Wildman–Crippen MR) is 101 cm³/mol. The summed E-state index contributed by atoms with van der Waals surface area (Å²) in [5, 5.41) is 11.3. The lowest BCUT2D eigenvalue weighted by atomic mass is 10.0. The molecule has 1 amide bonds. The maximum atomic E-state index is 12.5. The van der Waals surface area contributed by atoms with Gasteiger partial charge in [-0.2, -0.15) is 0 Å². The zero-order valence-corrected chi connectivity index (χ0v) is 14.6. The Balaban J connectivity index is 1.63. The summed E-state index contributed by atoms with van der Waals surface area (Å²) in [4.78, 5) is 29.9. The molecule has 6 nitrogen and oxygen atoms in total. The third-order valence-corrected chi connectivity index (χ3v) is 4.76. The Kier molecular flexibility index (Phi) is 4.56. The Morgan fingerprint density at radius 2 is 1.93 bits per heavy atom. The number of carbonyl (C=O) groups excluding carboxylic acids is 2. The number of fused-ring (bicyclic) bond motifs is 1. The van der Waals surface area contributed by atoms with Gasteiger partial charge in [0.15, 0.2) is 6.29 Å². The van der Waals surface area contributed by atoms with Crippen LogP contribution in [0.3, 0.4) is 0 Å². The SMILES string of the molecule is O=Cc1c(O)ccc2cc(-c3ccc(C(=O)N4CCOCC4)cn3)ccc12. The van der Waals surface area contributed by atoms with E-state index < -0.39 is 0 Å². The molecule has 0 aliphatic carbocycles. The summed E-state index contributed by atoms with van der Waals surface area (Å²) < 4.78 is 5.27. The molecule has 0 atom stereocenters. The number of aromatic nitrogens is 1. The van der Waals surface area contributed by atoms with Crippen molar-refractivity contribution in [1.29, 1.82) is 0 Å². The maximum absolute atomic E-state index is 12.5. The number of phenols is 1. The van der Waals surface area contributed by atoms with Gasteiger partial charge in [0, 0.05) is 24.8 Å². The van der Waals surface area contributed by atoms with E-state index in [1.165, 1.54) is 6.07 Å². The summed E-state index contributed by atoms with van der Waals surface area (Å²) in [6.07, 6.45) is 2.24. The van der Waals surface area contributed by atoms with Crippen LogP contribution in [0.2, 0.25) is 0 Å². The van der Waals surface area contributed by atoms with Crippen LogP contribution in [-0.2, 0) is 4.74 Å². The number of hydrogen-bond donors (Lipinski definition) is 1. The monoisotopic (exact) mass is 362 g/mol. The number of nitrogens with zero attached hydrogens (tertiary/aromatic N) is 2. The van der Waals surface area contributed by atoms with E-state index in [1.54, 1.807) is 29.3 Å². The normalized spacial score (nSPS) is 14.3. The van der Waals surface area contributed by atoms with Crippen molar-refractivity contribution in [2.75, 3.05) is 26.3 Å². The molecule has 1 aromatic heterocycles. The Morgan fingerprint density at radius 1 is 1.11 bits per heavy atom. The standard InChI is InChI=1S/C21H18N2O4/c24-13-18-17-4-1-15(11-14(17)3-6-20(18)25)19-5-2-16(12-22-19)21(26)23-7-9-27-10-8-23/h1-6,11-13,25H,7-10H2. The van der Waals surface area contributed by atoms with Gasteiger partial charge in [-0.15, -0.1) is 0 Å². The molecule has 136 valence electrons. The molecule has 1 aliphatic heterocycles. The number of carbonyl (C=O) groups is 2. The molecule has 6 heteroatoms. The quantitative estimate of drug-likeness (QED) is 0.725. The van der Waals surface area contributed by atoms with Gasteiger partial charge in [0.2, 0.25) is 0 Å². The molecule has 27 heavy (non-hydrogen) atoms. The smallest absolute Gasteiger partial charge is 0.255 e. The number of amides is 1. The van der Waals surface area contributed by atoms with Crippen molar-refractivity contribution in [3.8, 4) is 17.0 Å². The molecule has 1 fully saturated rings. The number of pyridine rings is 1. The van der Waals surface area contributed by atoms with Crippen molar-refractivity contribution >= 4 is 23.0 Å². The molecule has 0 bridgehead atoms. The second kappa shape index (κ2) is 7.17. The Morgan fingerprint density at radius 3 is 2.63 bits per heavy atom. The molecule has 1 saturated heterocycles. The first-order valence-electron chi connectivity index (χ1n) is 8.72. The highest BCUT2D eigenvalue weighted by atomic mass is 16.5. The van der Waals surface area contributed by atoms with Crippen LogP contribution in [0.5, 0.6) is 5.75 Å². The molecule has 0 radical (unpaired) electrons. The summed E-state index contributed by atoms with van der Waals surface area (Å²) in [5.41, 5.74) is 2.43. The van der Waals surface area contributed by atoms with Crippen LogP contribution < -0.4 is 0 Å². The fourth-order valence-corrected chi connectivity index (χ4v) is 3.27. The van der Waals surface area contributed by atoms with Crippen LogP contribution in [0.1, 0.15) is 20.7 Å². The first-order chi connectivity index (χ1) is 13.2. The largest absolute Gasteiger partial charge is 0.507 e. The number of aldehydes is 1. The van der Waals surface area contributed by atoms with Crippen molar-refractivity contribution in [3.05, 3.63) is 59.8 Å². The van der Waals surface area contributed by atoms with Crippen molar-refractivity contribution in [1.82, 2.24) is 9.88 Å². The molecule has 0 saturated carbocycles. The van der Waals surface area contributed by atoms with Crippen LogP contribution in [0.15, 0.2) is 48.7 Å². The number of rotatable bonds is 3. The highest BCUT2D eigenvalue weighted by Gasteiger charge is 2.18. The molecule has 3 aromatic rings. The second-order valence-corrected chi connectivity index (χ2v) is 6.39. The third kappa shape index (κ3) is 3.27. The summed E-state index contributed by atoms with van der Waals surface area (Å²) in [5.74, 6) is -0.0729. The Labute approximate surface area is 156 Å². The zero-order valence-electron chi connectivity index (χ0n) is 14.6. The van der Waals surface area contributed by atoms with E-state index in [9.17, 15) is 14.7 Å². The lowest BCUT2D eigenvalue weighted by Crippen LogP contribution is -2.40. The summed E-state index contributed by atoms with van der Waals surface area (Å²) in [7, 11) is 0. The average molecular weight is 362 g/mol. The minimum Gasteiger partial charge on any atom is -0.507 e. The number of benzene rings is 2. The van der Waals surface area contributed by atoms with Gasteiger partial charge in [0.05, 0.1) is 30.0 Å². The molecule has 4 rings (SSSR count). The number of hydrogen-bond acceptors (Lipinski definition) is 5. The van der Waals surface area contributed by atoms with E-state index in [0.717, 1.165) is 16.6 Å². The molecular formula is C21H18N2O4. The van der Waals surface area contributed by atoms with Crippen molar-refractivity contribution in [2.45, 2.75) is 0 Å². The minimum absolute atomic E-state index is 0.0330. The van der Waals surface area contributed by atoms with Crippen LogP contribution in [0.25, 0.3) is 22.0 Å². The summed E-state index contributed by atoms with van der Waals surface area (Å²) in [6, 6.07) is 12.4. The molecule has 0 spiro atoms. The third-order valence-electron chi connectivity index (χ3n) is 4.76. The van der Waals surface area contributed by atoms with Crippen molar-refractivity contribution in [3.63, 3.8) is 0 Å². The summed E-state index contributed by atoms with van der Waals surface area (Å²) >= 11 is 0. The average Bonchev–Trinajstić information content (AvgIpc) is 2.73. The van der Waals surface area contributed by atoms with Crippen molar-refractivity contribution in [2.24, 2.45) is 0 Å². The number of morpholine rings is 1. The van der Waals surface area contributed by atoms with Crippen LogP contribution in [0.4, 0.5) is 0 Å². The molecule has 1 N–H and O–H groups in total. The van der Waals surface area contributed by atoms with Crippen LogP contribution in [0, 0.1) is 0 Å². The van der Waals surface area contributed by atoms with Gasteiger partial charge < -0.3 is 14.7 Å². The highest BCUT2D eigenvalue weighted by molar-refractivity contribution is 6.02. The first-order valence-corrected chi connectivity index (χ1v) is 8.72. The fourth-order valence-electron chi connectivity index (χ4n) is 3.27. The Bertz CT molecular complexity index is 1010. The molecule has 0 unspecified atom stereocenters. The number of aromatic hydroxyl groups is 1. The first kappa shape index (κ1) is 17.2. The van der Waals surface area contributed by atoms with Crippen molar-refractivity contribution < 1.29 is 19.4 Å². The molecular weight excluding hydrogens is 344 g/mol. The van der Waals surface area contributed by atoms with Crippen LogP contribution >= 0.6 is 0 Å². The van der Waals surface area contributed by atoms with Gasteiger partial charge >= 0.3 is 0 Å². The zero-order chi connectivity index (χ0) is 18.8.